The van der Waals surface area contributed by atoms with Crippen molar-refractivity contribution in [3.8, 4) is 0 Å². The van der Waals surface area contributed by atoms with Gasteiger partial charge >= 0.3 is 0 Å². The fourth-order valence-corrected chi connectivity index (χ4v) is 2.11. The maximum absolute atomic E-state index is 10.6. The summed E-state index contributed by atoms with van der Waals surface area (Å²) in [6.07, 6.45) is 2.40. The van der Waals surface area contributed by atoms with Crippen LogP contribution in [0.3, 0.4) is 0 Å². The molecule has 1 N–H and O–H groups in total. The van der Waals surface area contributed by atoms with Crippen molar-refractivity contribution in [1.29, 1.82) is 0 Å². The maximum atomic E-state index is 10.6. The fourth-order valence-electron chi connectivity index (χ4n) is 1.16. The molecule has 0 aliphatic carbocycles. The molecule has 1 rings (SSSR count). The van der Waals surface area contributed by atoms with Gasteiger partial charge in [-0.25, -0.2) is 0 Å². The van der Waals surface area contributed by atoms with Crippen LogP contribution in [0.4, 0.5) is 0 Å². The number of carbonyl (C=O) groups is 1. The largest absolute Gasteiger partial charge is 0.316 e. The van der Waals surface area contributed by atoms with Crippen molar-refractivity contribution in [3.63, 3.8) is 0 Å². The zero-order valence-electron chi connectivity index (χ0n) is 6.22. The molecule has 1 aliphatic rings. The smallest absolute Gasteiger partial charge is 0.186 e. The van der Waals surface area contributed by atoms with E-state index in [9.17, 15) is 4.79 Å². The Morgan fingerprint density at radius 2 is 2.50 bits per heavy atom. The number of nitrogens with one attached hydrogen (secondary N) is 1. The van der Waals surface area contributed by atoms with Gasteiger partial charge in [-0.1, -0.05) is 11.8 Å². The van der Waals surface area contributed by atoms with Crippen molar-refractivity contribution >= 4 is 16.9 Å². The third-order valence-corrected chi connectivity index (χ3v) is 2.65. The summed E-state index contributed by atoms with van der Waals surface area (Å²) in [4.78, 5) is 10.6. The average Bonchev–Trinajstić information content (AvgIpc) is 1.88. The van der Waals surface area contributed by atoms with Crippen molar-refractivity contribution in [2.75, 3.05) is 13.1 Å². The van der Waals surface area contributed by atoms with E-state index in [2.05, 4.69) is 5.32 Å². The molecule has 0 saturated carbocycles. The standard InChI is InChI=1S/C7H13NOS/c1-6(9)10-7-3-2-4-8-5-7/h7-8H,2-5H2,1H3/t7-/m1/s1. The van der Waals surface area contributed by atoms with Gasteiger partial charge in [0.05, 0.1) is 0 Å². The van der Waals surface area contributed by atoms with Gasteiger partial charge in [0, 0.05) is 18.7 Å². The normalized spacial score (nSPS) is 26.3. The van der Waals surface area contributed by atoms with Gasteiger partial charge in [-0.05, 0) is 19.4 Å². The molecular formula is C7H13NOS. The molecule has 0 spiro atoms. The Morgan fingerprint density at radius 1 is 1.70 bits per heavy atom. The highest BCUT2D eigenvalue weighted by Crippen LogP contribution is 2.18. The first-order valence-corrected chi connectivity index (χ1v) is 4.55. The lowest BCUT2D eigenvalue weighted by molar-refractivity contribution is -0.109. The van der Waals surface area contributed by atoms with Gasteiger partial charge in [0.1, 0.15) is 0 Å². The number of carbonyl (C=O) groups excluding carboxylic acids is 1. The first kappa shape index (κ1) is 8.08. The lowest BCUT2D eigenvalue weighted by atomic mass is 10.2. The maximum Gasteiger partial charge on any atom is 0.186 e. The van der Waals surface area contributed by atoms with Gasteiger partial charge < -0.3 is 5.32 Å². The number of hydrogen-bond donors (Lipinski definition) is 1. The molecule has 0 aromatic heterocycles. The van der Waals surface area contributed by atoms with E-state index in [-0.39, 0.29) is 5.12 Å². The zero-order chi connectivity index (χ0) is 7.40. The second-order valence-electron chi connectivity index (χ2n) is 2.58. The molecule has 1 heterocycles. The van der Waals surface area contributed by atoms with Gasteiger partial charge in [-0.3, -0.25) is 4.79 Å². The topological polar surface area (TPSA) is 29.1 Å². The van der Waals surface area contributed by atoms with E-state index in [1.807, 2.05) is 0 Å². The van der Waals surface area contributed by atoms with Crippen molar-refractivity contribution in [2.45, 2.75) is 25.0 Å². The molecule has 0 aromatic rings. The fraction of sp³-hybridized carbons (Fsp3) is 0.857. The summed E-state index contributed by atoms with van der Waals surface area (Å²) in [6, 6.07) is 0. The SMILES string of the molecule is CC(=O)S[C@@H]1CCCNC1. The van der Waals surface area contributed by atoms with Crippen molar-refractivity contribution in [2.24, 2.45) is 0 Å². The molecule has 58 valence electrons. The van der Waals surface area contributed by atoms with Crippen LogP contribution in [-0.2, 0) is 4.79 Å². The van der Waals surface area contributed by atoms with E-state index in [1.54, 1.807) is 6.92 Å². The molecule has 3 heteroatoms. The zero-order valence-corrected chi connectivity index (χ0v) is 7.04. The first-order valence-electron chi connectivity index (χ1n) is 3.67. The summed E-state index contributed by atoms with van der Waals surface area (Å²) >= 11 is 1.47. The van der Waals surface area contributed by atoms with Crippen LogP contribution in [0.5, 0.6) is 0 Å². The lowest BCUT2D eigenvalue weighted by Gasteiger charge is -2.20. The number of piperidine rings is 1. The van der Waals surface area contributed by atoms with Gasteiger partial charge in [-0.2, -0.15) is 0 Å². The van der Waals surface area contributed by atoms with Crippen LogP contribution in [0.2, 0.25) is 0 Å². The Bertz CT molecular complexity index is 121. The highest BCUT2D eigenvalue weighted by molar-refractivity contribution is 8.14. The molecule has 1 fully saturated rings. The van der Waals surface area contributed by atoms with Gasteiger partial charge in [0.2, 0.25) is 0 Å². The third-order valence-electron chi connectivity index (χ3n) is 1.58. The van der Waals surface area contributed by atoms with Crippen molar-refractivity contribution in [3.05, 3.63) is 0 Å². The molecule has 0 unspecified atom stereocenters. The summed E-state index contributed by atoms with van der Waals surface area (Å²) in [5.74, 6) is 0. The predicted octanol–water partition coefficient (Wildman–Crippen LogP) is 1.02. The number of hydrogen-bond acceptors (Lipinski definition) is 3. The van der Waals surface area contributed by atoms with Crippen LogP contribution in [0.25, 0.3) is 0 Å². The minimum absolute atomic E-state index is 0.244. The van der Waals surface area contributed by atoms with Gasteiger partial charge in [-0.15, -0.1) is 0 Å². The first-order chi connectivity index (χ1) is 4.79. The molecule has 2 nitrogen and oxygen atoms in total. The van der Waals surface area contributed by atoms with E-state index in [4.69, 9.17) is 0 Å². The van der Waals surface area contributed by atoms with Crippen LogP contribution in [0, 0.1) is 0 Å². The summed E-state index contributed by atoms with van der Waals surface area (Å²) in [5.41, 5.74) is 0. The van der Waals surface area contributed by atoms with Crippen LogP contribution in [-0.4, -0.2) is 23.5 Å². The van der Waals surface area contributed by atoms with Gasteiger partial charge in [0.15, 0.2) is 5.12 Å². The molecule has 0 amide bonds. The summed E-state index contributed by atoms with van der Waals surface area (Å²) in [6.45, 7) is 3.76. The third kappa shape index (κ3) is 2.71. The molecule has 0 bridgehead atoms. The molecular weight excluding hydrogens is 146 g/mol. The minimum atomic E-state index is 0.244. The van der Waals surface area contributed by atoms with E-state index >= 15 is 0 Å². The van der Waals surface area contributed by atoms with E-state index < -0.39 is 0 Å². The molecule has 1 aliphatic heterocycles. The van der Waals surface area contributed by atoms with E-state index in [0.29, 0.717) is 5.25 Å². The Labute approximate surface area is 65.8 Å². The summed E-state index contributed by atoms with van der Waals surface area (Å²) < 4.78 is 0. The highest BCUT2D eigenvalue weighted by atomic mass is 32.2. The average molecular weight is 159 g/mol. The predicted molar refractivity (Wildman–Crippen MR) is 44.2 cm³/mol. The van der Waals surface area contributed by atoms with E-state index in [1.165, 1.54) is 24.6 Å². The molecule has 0 radical (unpaired) electrons. The molecule has 1 atom stereocenters. The van der Waals surface area contributed by atoms with Crippen LogP contribution in [0.1, 0.15) is 19.8 Å². The quantitative estimate of drug-likeness (QED) is 0.619. The molecule has 10 heavy (non-hydrogen) atoms. The Kier molecular flexibility index (Phi) is 3.22. The second-order valence-corrected chi connectivity index (χ2v) is 4.06. The highest BCUT2D eigenvalue weighted by Gasteiger charge is 2.14. The number of rotatable bonds is 1. The van der Waals surface area contributed by atoms with Crippen LogP contribution in [0.15, 0.2) is 0 Å². The van der Waals surface area contributed by atoms with E-state index in [0.717, 1.165) is 13.1 Å². The Hall–Kier alpha value is -0.0200. The van der Waals surface area contributed by atoms with Crippen LogP contribution >= 0.6 is 11.8 Å². The second kappa shape index (κ2) is 3.98. The Morgan fingerprint density at radius 3 is 3.00 bits per heavy atom. The Balaban J connectivity index is 2.19. The summed E-state index contributed by atoms with van der Waals surface area (Å²) in [5, 5.41) is 4.04. The molecule has 0 aromatic carbocycles. The van der Waals surface area contributed by atoms with Gasteiger partial charge in [0.25, 0.3) is 0 Å². The minimum Gasteiger partial charge on any atom is -0.316 e. The van der Waals surface area contributed by atoms with Crippen LogP contribution < -0.4 is 5.32 Å². The molecule has 1 saturated heterocycles. The van der Waals surface area contributed by atoms with Crippen molar-refractivity contribution in [1.82, 2.24) is 5.32 Å². The lowest BCUT2D eigenvalue weighted by Crippen LogP contribution is -2.32. The van der Waals surface area contributed by atoms with Crippen molar-refractivity contribution < 1.29 is 4.79 Å². The summed E-state index contributed by atoms with van der Waals surface area (Å²) in [7, 11) is 0. The number of thioether (sulfide) groups is 1. The monoisotopic (exact) mass is 159 g/mol.